The molecule has 0 saturated carbocycles. The van der Waals surface area contributed by atoms with Crippen molar-refractivity contribution in [3.05, 3.63) is 51.7 Å². The summed E-state index contributed by atoms with van der Waals surface area (Å²) in [6.07, 6.45) is 2.06. The molecule has 1 saturated heterocycles. The minimum Gasteiger partial charge on any atom is -0.368 e. The van der Waals surface area contributed by atoms with Crippen molar-refractivity contribution in [2.75, 3.05) is 13.2 Å². The third-order valence-corrected chi connectivity index (χ3v) is 7.31. The molecule has 1 fully saturated rings. The zero-order valence-electron chi connectivity index (χ0n) is 14.9. The highest BCUT2D eigenvalue weighted by Gasteiger charge is 2.30. The van der Waals surface area contributed by atoms with E-state index < -0.39 is 10.0 Å². The van der Waals surface area contributed by atoms with Gasteiger partial charge in [0.15, 0.2) is 0 Å². The van der Waals surface area contributed by atoms with Crippen LogP contribution in [0, 0.1) is 0 Å². The fourth-order valence-corrected chi connectivity index (χ4v) is 5.32. The van der Waals surface area contributed by atoms with E-state index in [1.807, 2.05) is 28.5 Å². The van der Waals surface area contributed by atoms with E-state index >= 15 is 0 Å². The van der Waals surface area contributed by atoms with Crippen LogP contribution in [-0.2, 0) is 39.1 Å². The minimum atomic E-state index is -3.56. The molecule has 6 nitrogen and oxygen atoms in total. The van der Waals surface area contributed by atoms with Gasteiger partial charge in [0.2, 0.25) is 10.0 Å². The number of rotatable bonds is 5. The summed E-state index contributed by atoms with van der Waals surface area (Å²) in [5.41, 5.74) is 2.00. The molecule has 144 valence electrons. The molecule has 8 heteroatoms. The number of hydrogen-bond acceptors (Lipinski definition) is 5. The first-order valence-corrected chi connectivity index (χ1v) is 11.4. The highest BCUT2D eigenvalue weighted by atomic mass is 32.2. The van der Waals surface area contributed by atoms with Crippen LogP contribution in [-0.4, -0.2) is 38.5 Å². The molecule has 3 heterocycles. The number of fused-ring (bicyclic) bond motifs is 1. The van der Waals surface area contributed by atoms with E-state index in [0.29, 0.717) is 32.7 Å². The Labute approximate surface area is 163 Å². The summed E-state index contributed by atoms with van der Waals surface area (Å²) in [6.45, 7) is 2.05. The summed E-state index contributed by atoms with van der Waals surface area (Å²) >= 11 is 1.52. The zero-order chi connectivity index (χ0) is 18.9. The molecule has 1 N–H and O–H groups in total. The largest absolute Gasteiger partial charge is 0.368 e. The maximum Gasteiger partial charge on any atom is 0.252 e. The summed E-state index contributed by atoms with van der Waals surface area (Å²) in [5, 5.41) is 1.92. The molecule has 1 aromatic heterocycles. The molecule has 4 rings (SSSR count). The van der Waals surface area contributed by atoms with Crippen molar-refractivity contribution in [1.82, 2.24) is 9.62 Å². The first kappa shape index (κ1) is 18.6. The van der Waals surface area contributed by atoms with Crippen molar-refractivity contribution < 1.29 is 17.9 Å². The van der Waals surface area contributed by atoms with Crippen molar-refractivity contribution in [1.29, 1.82) is 0 Å². The van der Waals surface area contributed by atoms with Crippen LogP contribution in [0.25, 0.3) is 0 Å². The molecule has 1 aromatic carbocycles. The standard InChI is InChI=1S/C19H22N2O4S2/c22-19(18-4-1-9-25-18)21-8-7-14-11-17(6-5-15(14)13-21)27(23,24)20-12-16-3-2-10-26-16/h2-3,5-6,10-11,18,20H,1,4,7-9,12-13H2. The number of carbonyl (C=O) groups is 1. The molecule has 1 amide bonds. The average Bonchev–Trinajstić information content (AvgIpc) is 3.39. The Morgan fingerprint density at radius 3 is 2.93 bits per heavy atom. The number of benzene rings is 1. The van der Waals surface area contributed by atoms with Crippen LogP contribution >= 0.6 is 11.3 Å². The first-order valence-electron chi connectivity index (χ1n) is 9.07. The Balaban J connectivity index is 1.45. The van der Waals surface area contributed by atoms with Crippen LogP contribution < -0.4 is 4.72 Å². The molecule has 1 unspecified atom stereocenters. The van der Waals surface area contributed by atoms with E-state index in [2.05, 4.69) is 4.72 Å². The van der Waals surface area contributed by atoms with Crippen LogP contribution in [0.5, 0.6) is 0 Å². The maximum absolute atomic E-state index is 12.6. The predicted octanol–water partition coefficient (Wildman–Crippen LogP) is 2.29. The smallest absolute Gasteiger partial charge is 0.252 e. The third-order valence-electron chi connectivity index (χ3n) is 5.03. The Hall–Kier alpha value is -1.74. The second kappa shape index (κ2) is 7.71. The lowest BCUT2D eigenvalue weighted by molar-refractivity contribution is -0.141. The van der Waals surface area contributed by atoms with E-state index in [9.17, 15) is 13.2 Å². The van der Waals surface area contributed by atoms with Gasteiger partial charge in [-0.15, -0.1) is 11.3 Å². The van der Waals surface area contributed by atoms with Crippen molar-refractivity contribution in [2.45, 2.75) is 43.4 Å². The molecule has 0 bridgehead atoms. The van der Waals surface area contributed by atoms with Gasteiger partial charge in [-0.3, -0.25) is 4.79 Å². The number of thiophene rings is 1. The number of nitrogens with zero attached hydrogens (tertiary/aromatic N) is 1. The number of ether oxygens (including phenoxy) is 1. The number of carbonyl (C=O) groups excluding carboxylic acids is 1. The summed E-state index contributed by atoms with van der Waals surface area (Å²) < 4.78 is 33.3. The van der Waals surface area contributed by atoms with E-state index in [4.69, 9.17) is 4.74 Å². The molecular formula is C19H22N2O4S2. The summed E-state index contributed by atoms with van der Waals surface area (Å²) in [4.78, 5) is 15.6. The summed E-state index contributed by atoms with van der Waals surface area (Å²) in [5.74, 6) is 0.0486. The van der Waals surface area contributed by atoms with Crippen LogP contribution in [0.3, 0.4) is 0 Å². The lowest BCUT2D eigenvalue weighted by Gasteiger charge is -2.30. The molecule has 0 radical (unpaired) electrons. The topological polar surface area (TPSA) is 75.7 Å². The molecule has 2 aliphatic heterocycles. The molecule has 1 atom stereocenters. The van der Waals surface area contributed by atoms with Gasteiger partial charge >= 0.3 is 0 Å². The second-order valence-corrected chi connectivity index (χ2v) is 9.65. The maximum atomic E-state index is 12.6. The molecule has 2 aromatic rings. The van der Waals surface area contributed by atoms with Crippen LogP contribution in [0.1, 0.15) is 28.8 Å². The summed E-state index contributed by atoms with van der Waals surface area (Å²) in [6, 6.07) is 8.98. The molecule has 0 aliphatic carbocycles. The Kier molecular flexibility index (Phi) is 5.32. The Morgan fingerprint density at radius 1 is 1.30 bits per heavy atom. The average molecular weight is 407 g/mol. The van der Waals surface area contributed by atoms with E-state index in [0.717, 1.165) is 28.8 Å². The van der Waals surface area contributed by atoms with E-state index in [1.54, 1.807) is 12.1 Å². The summed E-state index contributed by atoms with van der Waals surface area (Å²) in [7, 11) is -3.56. The second-order valence-electron chi connectivity index (χ2n) is 6.85. The van der Waals surface area contributed by atoms with Crippen molar-refractivity contribution in [3.8, 4) is 0 Å². The first-order chi connectivity index (χ1) is 13.0. The van der Waals surface area contributed by atoms with Crippen LogP contribution in [0.2, 0.25) is 0 Å². The van der Waals surface area contributed by atoms with Gasteiger partial charge in [0.1, 0.15) is 6.10 Å². The fraction of sp³-hybridized carbons (Fsp3) is 0.421. The van der Waals surface area contributed by atoms with Gasteiger partial charge in [-0.05, 0) is 54.0 Å². The van der Waals surface area contributed by atoms with Crippen molar-refractivity contribution >= 4 is 27.3 Å². The Morgan fingerprint density at radius 2 is 2.19 bits per heavy atom. The van der Waals surface area contributed by atoms with Gasteiger partial charge in [0.25, 0.3) is 5.91 Å². The number of amides is 1. The monoisotopic (exact) mass is 406 g/mol. The lowest BCUT2D eigenvalue weighted by atomic mass is 9.99. The molecular weight excluding hydrogens is 384 g/mol. The van der Waals surface area contributed by atoms with Gasteiger partial charge < -0.3 is 9.64 Å². The normalized spacial score (nSPS) is 19.9. The molecule has 2 aliphatic rings. The van der Waals surface area contributed by atoms with E-state index in [-0.39, 0.29) is 16.9 Å². The third kappa shape index (κ3) is 4.08. The molecule has 0 spiro atoms. The van der Waals surface area contributed by atoms with Crippen LogP contribution in [0.15, 0.2) is 40.6 Å². The van der Waals surface area contributed by atoms with Crippen molar-refractivity contribution in [3.63, 3.8) is 0 Å². The minimum absolute atomic E-state index is 0.0486. The van der Waals surface area contributed by atoms with E-state index in [1.165, 1.54) is 11.3 Å². The fourth-order valence-electron chi connectivity index (χ4n) is 3.52. The van der Waals surface area contributed by atoms with Gasteiger partial charge in [0, 0.05) is 31.1 Å². The molecule has 27 heavy (non-hydrogen) atoms. The number of sulfonamides is 1. The van der Waals surface area contributed by atoms with Gasteiger partial charge in [0.05, 0.1) is 4.90 Å². The number of nitrogens with one attached hydrogen (secondary N) is 1. The highest BCUT2D eigenvalue weighted by Crippen LogP contribution is 2.25. The Bertz CT molecular complexity index is 919. The quantitative estimate of drug-likeness (QED) is 0.827. The van der Waals surface area contributed by atoms with Gasteiger partial charge in [-0.1, -0.05) is 12.1 Å². The SMILES string of the molecule is O=C(C1CCCO1)N1CCc2cc(S(=O)(=O)NCc3cccs3)ccc2C1. The lowest BCUT2D eigenvalue weighted by Crippen LogP contribution is -2.42. The zero-order valence-corrected chi connectivity index (χ0v) is 16.5. The number of hydrogen-bond donors (Lipinski definition) is 1. The van der Waals surface area contributed by atoms with Gasteiger partial charge in [-0.25, -0.2) is 13.1 Å². The van der Waals surface area contributed by atoms with Crippen molar-refractivity contribution in [2.24, 2.45) is 0 Å². The highest BCUT2D eigenvalue weighted by molar-refractivity contribution is 7.89. The predicted molar refractivity (Wildman–Crippen MR) is 103 cm³/mol. The van der Waals surface area contributed by atoms with Gasteiger partial charge in [-0.2, -0.15) is 0 Å². The van der Waals surface area contributed by atoms with Crippen LogP contribution in [0.4, 0.5) is 0 Å².